The number of alkyl carbamates (subject to hydrolysis) is 1. The topological polar surface area (TPSA) is 87.3 Å². The van der Waals surface area contributed by atoms with E-state index in [2.05, 4.69) is 51.7 Å². The fourth-order valence-electron chi connectivity index (χ4n) is 4.67. The number of aromatic nitrogens is 2. The summed E-state index contributed by atoms with van der Waals surface area (Å²) in [5, 5.41) is 2.69. The molecular formula is C25H32N4O3. The first-order valence-electron chi connectivity index (χ1n) is 11.4. The summed E-state index contributed by atoms with van der Waals surface area (Å²) in [6, 6.07) is 7.88. The number of hydrogen-bond acceptors (Lipinski definition) is 4. The maximum atomic E-state index is 13.3. The van der Waals surface area contributed by atoms with Crippen LogP contribution in [-0.2, 0) is 9.53 Å². The molecule has 1 aliphatic heterocycles. The molecule has 4 rings (SSSR count). The summed E-state index contributed by atoms with van der Waals surface area (Å²) >= 11 is 0. The van der Waals surface area contributed by atoms with Crippen LogP contribution >= 0.6 is 0 Å². The molecule has 2 aliphatic rings. The van der Waals surface area contributed by atoms with Crippen LogP contribution < -0.4 is 5.32 Å². The van der Waals surface area contributed by atoms with E-state index >= 15 is 0 Å². The first kappa shape index (κ1) is 22.1. The molecule has 7 heteroatoms. The monoisotopic (exact) mass is 436 g/mol. The van der Waals surface area contributed by atoms with Gasteiger partial charge in [-0.1, -0.05) is 50.3 Å². The van der Waals surface area contributed by atoms with Crippen LogP contribution in [-0.4, -0.2) is 46.6 Å². The number of imidazole rings is 1. The number of benzene rings is 1. The lowest BCUT2D eigenvalue weighted by Crippen LogP contribution is -2.51. The number of likely N-dealkylation sites (tertiary alicyclic amines) is 1. The standard InChI is InChI=1S/C25H32N4O3/c1-16(2)22(28-25(31)32-3)24(30)29-14-6-9-21(29)23-26-15-20(27-23)19-12-10-18(11-13-19)17-7-4-5-8-17/h4,7,10-13,15-17,21-22H,5-6,8-9,14H2,1-3H3,(H,26,27)(H,28,31)/t17?,21-,22-/m0/s1. The summed E-state index contributed by atoms with van der Waals surface area (Å²) in [5.41, 5.74) is 3.37. The molecule has 7 nitrogen and oxygen atoms in total. The molecule has 1 aromatic heterocycles. The van der Waals surface area contributed by atoms with Crippen LogP contribution in [0.1, 0.15) is 62.9 Å². The Kier molecular flexibility index (Phi) is 6.63. The number of rotatable bonds is 6. The zero-order valence-corrected chi connectivity index (χ0v) is 19.0. The Balaban J connectivity index is 1.49. The molecule has 2 heterocycles. The van der Waals surface area contributed by atoms with E-state index in [-0.39, 0.29) is 17.9 Å². The lowest BCUT2D eigenvalue weighted by atomic mass is 9.97. The smallest absolute Gasteiger partial charge is 0.407 e. The van der Waals surface area contributed by atoms with Crippen molar-refractivity contribution in [2.45, 2.75) is 57.5 Å². The molecule has 2 aromatic rings. The fraction of sp³-hybridized carbons (Fsp3) is 0.480. The summed E-state index contributed by atoms with van der Waals surface area (Å²) in [7, 11) is 1.30. The first-order chi connectivity index (χ1) is 15.5. The highest BCUT2D eigenvalue weighted by Crippen LogP contribution is 2.33. The van der Waals surface area contributed by atoms with Gasteiger partial charge >= 0.3 is 6.09 Å². The summed E-state index contributed by atoms with van der Waals surface area (Å²) in [5.74, 6) is 1.16. The van der Waals surface area contributed by atoms with E-state index in [9.17, 15) is 9.59 Å². The zero-order chi connectivity index (χ0) is 22.7. The van der Waals surface area contributed by atoms with Gasteiger partial charge in [0.05, 0.1) is 25.0 Å². The molecule has 0 spiro atoms. The molecule has 170 valence electrons. The maximum Gasteiger partial charge on any atom is 0.407 e. The minimum absolute atomic E-state index is 0.0526. The van der Waals surface area contributed by atoms with E-state index in [1.807, 2.05) is 24.9 Å². The number of methoxy groups -OCH3 is 1. The van der Waals surface area contributed by atoms with E-state index < -0.39 is 12.1 Å². The van der Waals surface area contributed by atoms with Gasteiger partial charge in [-0.3, -0.25) is 4.79 Å². The maximum absolute atomic E-state index is 13.3. The third-order valence-corrected chi connectivity index (χ3v) is 6.50. The molecule has 1 saturated heterocycles. The van der Waals surface area contributed by atoms with Crippen LogP contribution in [0.3, 0.4) is 0 Å². The van der Waals surface area contributed by atoms with Gasteiger partial charge in [0.15, 0.2) is 0 Å². The van der Waals surface area contributed by atoms with E-state index in [1.165, 1.54) is 19.1 Å². The van der Waals surface area contributed by atoms with Gasteiger partial charge in [-0.2, -0.15) is 0 Å². The van der Waals surface area contributed by atoms with Gasteiger partial charge in [0.2, 0.25) is 5.91 Å². The van der Waals surface area contributed by atoms with Crippen molar-refractivity contribution in [3.63, 3.8) is 0 Å². The number of hydrogen-bond donors (Lipinski definition) is 2. The van der Waals surface area contributed by atoms with Crippen molar-refractivity contribution in [2.24, 2.45) is 5.92 Å². The van der Waals surface area contributed by atoms with Gasteiger partial charge in [0, 0.05) is 12.5 Å². The molecule has 1 aliphatic carbocycles. The molecule has 1 unspecified atom stereocenters. The number of ether oxygens (including phenoxy) is 1. The van der Waals surface area contributed by atoms with Crippen LogP contribution in [0, 0.1) is 5.92 Å². The summed E-state index contributed by atoms with van der Waals surface area (Å²) < 4.78 is 4.71. The normalized spacial score (nSPS) is 21.2. The Hall–Kier alpha value is -3.09. The highest BCUT2D eigenvalue weighted by Gasteiger charge is 2.37. The van der Waals surface area contributed by atoms with Crippen LogP contribution in [0.2, 0.25) is 0 Å². The Morgan fingerprint density at radius 1 is 1.22 bits per heavy atom. The average Bonchev–Trinajstić information content (AvgIpc) is 3.57. The number of allylic oxidation sites excluding steroid dienone is 2. The number of nitrogens with one attached hydrogen (secondary N) is 2. The molecule has 0 saturated carbocycles. The Morgan fingerprint density at radius 3 is 2.66 bits per heavy atom. The Labute approximate surface area is 189 Å². The second kappa shape index (κ2) is 9.59. The molecule has 32 heavy (non-hydrogen) atoms. The predicted molar refractivity (Wildman–Crippen MR) is 123 cm³/mol. The number of H-pyrrole nitrogens is 1. The van der Waals surface area contributed by atoms with E-state index in [0.29, 0.717) is 12.5 Å². The SMILES string of the molecule is COC(=O)N[C@H](C(=O)N1CCC[C@H]1c1ncc(-c2ccc(C3C=CCC3)cc2)[nH]1)C(C)C. The largest absolute Gasteiger partial charge is 0.453 e. The second-order valence-electron chi connectivity index (χ2n) is 8.96. The highest BCUT2D eigenvalue weighted by molar-refractivity contribution is 5.86. The first-order valence-corrected chi connectivity index (χ1v) is 11.4. The van der Waals surface area contributed by atoms with Crippen molar-refractivity contribution < 1.29 is 14.3 Å². The van der Waals surface area contributed by atoms with Crippen molar-refractivity contribution >= 4 is 12.0 Å². The van der Waals surface area contributed by atoms with Crippen LogP contribution in [0.5, 0.6) is 0 Å². The molecule has 3 atom stereocenters. The van der Waals surface area contributed by atoms with Gasteiger partial charge in [-0.15, -0.1) is 0 Å². The van der Waals surface area contributed by atoms with Gasteiger partial charge < -0.3 is 19.9 Å². The quantitative estimate of drug-likeness (QED) is 0.650. The van der Waals surface area contributed by atoms with Crippen molar-refractivity contribution in [3.8, 4) is 11.3 Å². The molecule has 1 fully saturated rings. The van der Waals surface area contributed by atoms with Crippen LogP contribution in [0.4, 0.5) is 4.79 Å². The lowest BCUT2D eigenvalue weighted by molar-refractivity contribution is -0.135. The van der Waals surface area contributed by atoms with Crippen molar-refractivity contribution in [1.82, 2.24) is 20.2 Å². The van der Waals surface area contributed by atoms with Crippen molar-refractivity contribution in [1.29, 1.82) is 0 Å². The Bertz CT molecular complexity index is 979. The third-order valence-electron chi connectivity index (χ3n) is 6.50. The molecule has 0 bridgehead atoms. The van der Waals surface area contributed by atoms with E-state index in [4.69, 9.17) is 4.74 Å². The van der Waals surface area contributed by atoms with Gasteiger partial charge in [0.25, 0.3) is 0 Å². The van der Waals surface area contributed by atoms with Gasteiger partial charge in [0.1, 0.15) is 11.9 Å². The number of amides is 2. The molecular weight excluding hydrogens is 404 g/mol. The van der Waals surface area contributed by atoms with Crippen LogP contribution in [0.25, 0.3) is 11.3 Å². The lowest BCUT2D eigenvalue weighted by Gasteiger charge is -2.30. The molecule has 1 aromatic carbocycles. The van der Waals surface area contributed by atoms with Gasteiger partial charge in [-0.05, 0) is 42.7 Å². The zero-order valence-electron chi connectivity index (χ0n) is 19.0. The minimum atomic E-state index is -0.630. The fourth-order valence-corrected chi connectivity index (χ4v) is 4.67. The van der Waals surface area contributed by atoms with E-state index in [1.54, 1.807) is 0 Å². The van der Waals surface area contributed by atoms with Crippen molar-refractivity contribution in [2.75, 3.05) is 13.7 Å². The minimum Gasteiger partial charge on any atom is -0.453 e. The highest BCUT2D eigenvalue weighted by atomic mass is 16.5. The number of aromatic amines is 1. The molecule has 2 amide bonds. The average molecular weight is 437 g/mol. The van der Waals surface area contributed by atoms with Gasteiger partial charge in [-0.25, -0.2) is 9.78 Å². The predicted octanol–water partition coefficient (Wildman–Crippen LogP) is 4.55. The number of carbonyl (C=O) groups is 2. The Morgan fingerprint density at radius 2 is 2.00 bits per heavy atom. The van der Waals surface area contributed by atoms with E-state index in [0.717, 1.165) is 36.3 Å². The number of nitrogens with zero attached hydrogens (tertiary/aromatic N) is 2. The van der Waals surface area contributed by atoms with Crippen LogP contribution in [0.15, 0.2) is 42.6 Å². The summed E-state index contributed by atoms with van der Waals surface area (Å²) in [6.07, 6.45) is 9.86. The summed E-state index contributed by atoms with van der Waals surface area (Å²) in [6.45, 7) is 4.48. The second-order valence-corrected chi connectivity index (χ2v) is 8.96. The molecule has 2 N–H and O–H groups in total. The molecule has 0 radical (unpaired) electrons. The summed E-state index contributed by atoms with van der Waals surface area (Å²) in [4.78, 5) is 34.9. The number of carbonyl (C=O) groups excluding carboxylic acids is 2. The third kappa shape index (κ3) is 4.56. The van der Waals surface area contributed by atoms with Crippen molar-refractivity contribution in [3.05, 3.63) is 54.0 Å².